The molecule has 1 amide bonds. The van der Waals surface area contributed by atoms with Crippen LogP contribution in [0, 0.1) is 0 Å². The van der Waals surface area contributed by atoms with Crippen molar-refractivity contribution in [3.63, 3.8) is 0 Å². The Morgan fingerprint density at radius 1 is 1.28 bits per heavy atom. The predicted octanol–water partition coefficient (Wildman–Crippen LogP) is 3.88. The van der Waals surface area contributed by atoms with E-state index in [1.54, 1.807) is 6.07 Å². The number of carbonyl (C=O) groups is 1. The molecular formula is C15H10Cl2F3N3O2. The van der Waals surface area contributed by atoms with E-state index in [-0.39, 0.29) is 35.1 Å². The van der Waals surface area contributed by atoms with Gasteiger partial charge in [0.2, 0.25) is 5.88 Å². The first kappa shape index (κ1) is 17.8. The second kappa shape index (κ2) is 6.68. The summed E-state index contributed by atoms with van der Waals surface area (Å²) in [7, 11) is 0. The topological polar surface area (TPSA) is 55.3 Å². The highest BCUT2D eigenvalue weighted by atomic mass is 35.5. The molecule has 0 saturated heterocycles. The third kappa shape index (κ3) is 3.96. The third-order valence-electron chi connectivity index (χ3n) is 3.48. The largest absolute Gasteiger partial charge is 0.467 e. The van der Waals surface area contributed by atoms with Crippen molar-refractivity contribution in [3.8, 4) is 5.88 Å². The summed E-state index contributed by atoms with van der Waals surface area (Å²) in [6.45, 7) is -1.02. The first-order valence-electron chi connectivity index (χ1n) is 7.01. The van der Waals surface area contributed by atoms with Gasteiger partial charge in [-0.2, -0.15) is 13.2 Å². The van der Waals surface area contributed by atoms with Crippen LogP contribution < -0.4 is 4.74 Å². The number of nitrogens with zero attached hydrogens (tertiary/aromatic N) is 3. The summed E-state index contributed by atoms with van der Waals surface area (Å²) in [5.41, 5.74) is 1.66. The van der Waals surface area contributed by atoms with Crippen molar-refractivity contribution in [3.05, 3.63) is 51.4 Å². The maximum atomic E-state index is 12.4. The van der Waals surface area contributed by atoms with Crippen molar-refractivity contribution in [1.29, 1.82) is 0 Å². The molecule has 5 nitrogen and oxygen atoms in total. The second-order valence-electron chi connectivity index (χ2n) is 5.32. The quantitative estimate of drug-likeness (QED) is 0.742. The molecule has 3 rings (SSSR count). The average molecular weight is 392 g/mol. The molecule has 0 aliphatic carbocycles. The van der Waals surface area contributed by atoms with Gasteiger partial charge in [-0.15, -0.1) is 0 Å². The van der Waals surface area contributed by atoms with E-state index in [0.717, 1.165) is 0 Å². The van der Waals surface area contributed by atoms with Gasteiger partial charge in [0, 0.05) is 30.1 Å². The van der Waals surface area contributed by atoms with Gasteiger partial charge in [0.1, 0.15) is 10.2 Å². The maximum Gasteiger partial charge on any atom is 0.422 e. The monoisotopic (exact) mass is 391 g/mol. The normalized spacial score (nSPS) is 14.0. The van der Waals surface area contributed by atoms with Gasteiger partial charge in [-0.05, 0) is 17.7 Å². The van der Waals surface area contributed by atoms with Crippen LogP contribution in [0.1, 0.15) is 21.5 Å². The van der Waals surface area contributed by atoms with Crippen molar-refractivity contribution in [2.75, 3.05) is 6.61 Å². The van der Waals surface area contributed by atoms with E-state index in [9.17, 15) is 18.0 Å². The molecule has 2 aromatic rings. The molecule has 25 heavy (non-hydrogen) atoms. The molecule has 0 fully saturated rings. The SMILES string of the molecule is O=C1c2ccnc(Cl)c2CN1Cc1cnc(OCC(F)(F)F)c(Cl)c1. The molecule has 1 aliphatic heterocycles. The number of hydrogen-bond donors (Lipinski definition) is 0. The summed E-state index contributed by atoms with van der Waals surface area (Å²) in [4.78, 5) is 21.6. The molecule has 0 N–H and O–H groups in total. The van der Waals surface area contributed by atoms with Crippen LogP contribution in [0.2, 0.25) is 10.2 Å². The van der Waals surface area contributed by atoms with Gasteiger partial charge >= 0.3 is 6.18 Å². The van der Waals surface area contributed by atoms with Gasteiger partial charge in [-0.3, -0.25) is 4.79 Å². The second-order valence-corrected chi connectivity index (χ2v) is 6.09. The van der Waals surface area contributed by atoms with Crippen molar-refractivity contribution >= 4 is 29.1 Å². The lowest BCUT2D eigenvalue weighted by Gasteiger charge is -2.16. The molecule has 0 unspecified atom stereocenters. The van der Waals surface area contributed by atoms with E-state index in [4.69, 9.17) is 23.2 Å². The van der Waals surface area contributed by atoms with E-state index in [1.165, 1.54) is 23.4 Å². The van der Waals surface area contributed by atoms with Crippen LogP contribution in [0.25, 0.3) is 0 Å². The zero-order valence-electron chi connectivity index (χ0n) is 12.5. The van der Waals surface area contributed by atoms with Gasteiger partial charge in [-0.1, -0.05) is 23.2 Å². The summed E-state index contributed by atoms with van der Waals surface area (Å²) < 4.78 is 41.1. The van der Waals surface area contributed by atoms with Gasteiger partial charge in [0.05, 0.1) is 6.54 Å². The number of amides is 1. The summed E-state index contributed by atoms with van der Waals surface area (Å²) in [5.74, 6) is -0.529. The number of fused-ring (bicyclic) bond motifs is 1. The van der Waals surface area contributed by atoms with Crippen LogP contribution >= 0.6 is 23.2 Å². The van der Waals surface area contributed by atoms with Crippen LogP contribution in [0.3, 0.4) is 0 Å². The number of alkyl halides is 3. The Kier molecular flexibility index (Phi) is 4.75. The Balaban J connectivity index is 1.71. The van der Waals surface area contributed by atoms with Crippen molar-refractivity contribution in [1.82, 2.24) is 14.9 Å². The van der Waals surface area contributed by atoms with E-state index >= 15 is 0 Å². The van der Waals surface area contributed by atoms with Crippen molar-refractivity contribution in [2.45, 2.75) is 19.3 Å². The molecular weight excluding hydrogens is 382 g/mol. The highest BCUT2D eigenvalue weighted by Gasteiger charge is 2.30. The molecule has 0 aromatic carbocycles. The first-order valence-corrected chi connectivity index (χ1v) is 7.77. The van der Waals surface area contributed by atoms with Crippen LogP contribution in [0.5, 0.6) is 5.88 Å². The lowest BCUT2D eigenvalue weighted by atomic mass is 10.2. The third-order valence-corrected chi connectivity index (χ3v) is 4.08. The van der Waals surface area contributed by atoms with Crippen LogP contribution in [-0.2, 0) is 13.1 Å². The van der Waals surface area contributed by atoms with Crippen LogP contribution in [-0.4, -0.2) is 33.6 Å². The highest BCUT2D eigenvalue weighted by molar-refractivity contribution is 6.32. The molecule has 0 radical (unpaired) electrons. The summed E-state index contributed by atoms with van der Waals surface area (Å²) in [6, 6.07) is 3.00. The first-order chi connectivity index (χ1) is 11.7. The molecule has 1 aliphatic rings. The van der Waals surface area contributed by atoms with Gasteiger partial charge in [0.25, 0.3) is 5.91 Å². The van der Waals surface area contributed by atoms with Crippen molar-refractivity contribution in [2.24, 2.45) is 0 Å². The van der Waals surface area contributed by atoms with Crippen molar-refractivity contribution < 1.29 is 22.7 Å². The van der Waals surface area contributed by atoms with E-state index in [1.807, 2.05) is 0 Å². The summed E-state index contributed by atoms with van der Waals surface area (Å²) in [6.07, 6.45) is -1.72. The fourth-order valence-corrected chi connectivity index (χ4v) is 2.87. The molecule has 10 heteroatoms. The number of ether oxygens (including phenoxy) is 1. The number of carbonyl (C=O) groups excluding carboxylic acids is 1. The molecule has 0 bridgehead atoms. The maximum absolute atomic E-state index is 12.4. The Bertz CT molecular complexity index is 830. The van der Waals surface area contributed by atoms with Gasteiger partial charge in [-0.25, -0.2) is 9.97 Å². The van der Waals surface area contributed by atoms with E-state index in [0.29, 0.717) is 16.7 Å². The Hall–Kier alpha value is -2.06. The minimum absolute atomic E-state index is 0.0643. The molecule has 0 spiro atoms. The average Bonchev–Trinajstić information content (AvgIpc) is 2.84. The minimum Gasteiger partial charge on any atom is -0.467 e. The van der Waals surface area contributed by atoms with Gasteiger partial charge < -0.3 is 9.64 Å². The van der Waals surface area contributed by atoms with Gasteiger partial charge in [0.15, 0.2) is 6.61 Å². The molecule has 3 heterocycles. The Labute approximate surface area is 150 Å². The predicted molar refractivity (Wildman–Crippen MR) is 83.6 cm³/mol. The number of hydrogen-bond acceptors (Lipinski definition) is 4. The fraction of sp³-hybridized carbons (Fsp3) is 0.267. The minimum atomic E-state index is -4.48. The van der Waals surface area contributed by atoms with Crippen LogP contribution in [0.4, 0.5) is 13.2 Å². The highest BCUT2D eigenvalue weighted by Crippen LogP contribution is 2.30. The molecule has 0 saturated carbocycles. The molecule has 0 atom stereocenters. The smallest absolute Gasteiger partial charge is 0.422 e. The lowest BCUT2D eigenvalue weighted by molar-refractivity contribution is -0.154. The fourth-order valence-electron chi connectivity index (χ4n) is 2.41. The number of halogens is 5. The summed E-state index contributed by atoms with van der Waals surface area (Å²) in [5, 5.41) is 0.200. The molecule has 2 aromatic heterocycles. The lowest BCUT2D eigenvalue weighted by Crippen LogP contribution is -2.23. The zero-order chi connectivity index (χ0) is 18.2. The Morgan fingerprint density at radius 3 is 2.68 bits per heavy atom. The standard InChI is InChI=1S/C15H10Cl2F3N3O2/c16-11-3-8(4-22-13(11)25-7-15(18,19)20)5-23-6-10-9(14(23)24)1-2-21-12(10)17/h1-4H,5-7H2. The van der Waals surface area contributed by atoms with Crippen LogP contribution in [0.15, 0.2) is 24.5 Å². The number of pyridine rings is 2. The van der Waals surface area contributed by atoms with E-state index in [2.05, 4.69) is 14.7 Å². The number of rotatable bonds is 4. The Morgan fingerprint density at radius 2 is 2.04 bits per heavy atom. The number of aromatic nitrogens is 2. The molecule has 132 valence electrons. The zero-order valence-corrected chi connectivity index (χ0v) is 14.0. The summed E-state index contributed by atoms with van der Waals surface area (Å²) >= 11 is 11.9. The van der Waals surface area contributed by atoms with E-state index < -0.39 is 12.8 Å².